The van der Waals surface area contributed by atoms with Crippen LogP contribution in [0.5, 0.6) is 0 Å². The molecule has 0 spiro atoms. The minimum absolute atomic E-state index is 0.711. The molecular weight excluding hydrogens is 448 g/mol. The first-order chi connectivity index (χ1) is 18.2. The van der Waals surface area contributed by atoms with E-state index in [1.807, 2.05) is 24.3 Å². The quantitative estimate of drug-likeness (QED) is 0.282. The molecule has 0 aliphatic heterocycles. The number of nitrogens with zero attached hydrogens (tertiary/aromatic N) is 1. The Kier molecular flexibility index (Phi) is 4.80. The third kappa shape index (κ3) is 3.54. The topological polar surface area (TPSA) is 38.9 Å². The van der Waals surface area contributed by atoms with Crippen LogP contribution in [-0.2, 0) is 0 Å². The molecule has 2 heteroatoms. The maximum atomic E-state index is 6.46. The summed E-state index contributed by atoms with van der Waals surface area (Å²) in [7, 11) is 0. The van der Waals surface area contributed by atoms with Crippen LogP contribution < -0.4 is 16.2 Å². The average Bonchev–Trinajstić information content (AvgIpc) is 2.95. The summed E-state index contributed by atoms with van der Waals surface area (Å²) < 4.78 is 0. The van der Waals surface area contributed by atoms with Gasteiger partial charge in [-0.2, -0.15) is 0 Å². The molecule has 6 aromatic carbocycles. The summed E-state index contributed by atoms with van der Waals surface area (Å²) in [6.45, 7) is 4.23. The van der Waals surface area contributed by atoms with Crippen LogP contribution in [0.3, 0.4) is 0 Å². The lowest BCUT2D eigenvalue weighted by Crippen LogP contribution is -2.23. The molecule has 0 aliphatic carbocycles. The van der Waals surface area contributed by atoms with E-state index in [-0.39, 0.29) is 0 Å². The molecule has 0 bridgehead atoms. The smallest absolute Gasteiger partial charge is 0.0774 e. The first kappa shape index (κ1) is 21.3. The molecule has 0 unspecified atom stereocenters. The molecule has 0 saturated heterocycles. The van der Waals surface area contributed by atoms with E-state index in [1.54, 1.807) is 6.20 Å². The highest BCUT2D eigenvalue weighted by atomic mass is 14.6. The minimum Gasteiger partial charge on any atom is -0.398 e. The molecule has 0 radical (unpaired) electrons. The number of benzene rings is 6. The Bertz CT molecular complexity index is 2040. The fraction of sp³-hybridized carbons (Fsp3) is 0. The Balaban J connectivity index is 1.25. The number of pyridine rings is 1. The van der Waals surface area contributed by atoms with Crippen molar-refractivity contribution in [1.29, 1.82) is 0 Å². The van der Waals surface area contributed by atoms with Gasteiger partial charge in [-0.05, 0) is 78.5 Å². The lowest BCUT2D eigenvalue weighted by atomic mass is 9.91. The van der Waals surface area contributed by atoms with E-state index in [1.165, 1.54) is 43.4 Å². The zero-order valence-corrected chi connectivity index (χ0v) is 20.3. The number of hydrogen-bond acceptors (Lipinski definition) is 2. The third-order valence-electron chi connectivity index (χ3n) is 7.37. The fourth-order valence-corrected chi connectivity index (χ4v) is 5.43. The van der Waals surface area contributed by atoms with Gasteiger partial charge < -0.3 is 5.73 Å². The fourth-order valence-electron chi connectivity index (χ4n) is 5.43. The van der Waals surface area contributed by atoms with Gasteiger partial charge in [0.2, 0.25) is 0 Å². The van der Waals surface area contributed by atoms with Gasteiger partial charge in [-0.15, -0.1) is 0 Å². The monoisotopic (exact) mass is 472 g/mol. The SMILES string of the molecule is C=c1/c(=C\C=C(/N)c2ccc(-c3cc4ccc5cccc6ccc(c3)c4c56)cc2)ccc2cccnc12. The van der Waals surface area contributed by atoms with Gasteiger partial charge >= 0.3 is 0 Å². The number of fused-ring (bicyclic) bond motifs is 1. The number of aromatic nitrogens is 1. The van der Waals surface area contributed by atoms with Crippen molar-refractivity contribution >= 4 is 61.6 Å². The molecule has 1 heterocycles. The van der Waals surface area contributed by atoms with Gasteiger partial charge in [0.1, 0.15) is 0 Å². The van der Waals surface area contributed by atoms with Crippen molar-refractivity contribution in [2.45, 2.75) is 0 Å². The van der Waals surface area contributed by atoms with Gasteiger partial charge in [0.25, 0.3) is 0 Å². The van der Waals surface area contributed by atoms with Crippen molar-refractivity contribution in [2.24, 2.45) is 5.73 Å². The highest BCUT2D eigenvalue weighted by Crippen LogP contribution is 2.37. The molecule has 37 heavy (non-hydrogen) atoms. The predicted molar refractivity (Wildman–Crippen MR) is 159 cm³/mol. The van der Waals surface area contributed by atoms with Crippen LogP contribution in [0, 0.1) is 0 Å². The standard InChI is InChI=1S/C35H24N2/c1-22-23(7-14-28-6-3-19-37-35(22)28)17-18-32(36)25-10-8-24(9-11-25)31-20-29-15-12-26-4-2-5-27-13-16-30(21-31)34(29)33(26)27/h2-21H,1,36H2/b23-17-,32-18-. The second-order valence-corrected chi connectivity index (χ2v) is 9.58. The molecule has 0 amide bonds. The molecule has 0 fully saturated rings. The summed E-state index contributed by atoms with van der Waals surface area (Å²) in [5.74, 6) is 0. The summed E-state index contributed by atoms with van der Waals surface area (Å²) in [4.78, 5) is 4.48. The van der Waals surface area contributed by atoms with Crippen molar-refractivity contribution in [1.82, 2.24) is 4.98 Å². The largest absolute Gasteiger partial charge is 0.398 e. The average molecular weight is 473 g/mol. The van der Waals surface area contributed by atoms with Crippen LogP contribution in [0.25, 0.3) is 72.7 Å². The highest BCUT2D eigenvalue weighted by molar-refractivity contribution is 6.23. The summed E-state index contributed by atoms with van der Waals surface area (Å²) in [6, 6.07) is 36.6. The van der Waals surface area contributed by atoms with Gasteiger partial charge in [-0.3, -0.25) is 4.98 Å². The van der Waals surface area contributed by atoms with E-state index in [0.717, 1.165) is 26.9 Å². The lowest BCUT2D eigenvalue weighted by Gasteiger charge is -2.13. The van der Waals surface area contributed by atoms with E-state index in [2.05, 4.69) is 103 Å². The molecule has 0 saturated carbocycles. The first-order valence-electron chi connectivity index (χ1n) is 12.4. The van der Waals surface area contributed by atoms with Gasteiger partial charge in [0, 0.05) is 22.5 Å². The van der Waals surface area contributed by atoms with Crippen molar-refractivity contribution in [3.05, 3.63) is 131 Å². The zero-order valence-electron chi connectivity index (χ0n) is 20.3. The Hall–Kier alpha value is -4.95. The second-order valence-electron chi connectivity index (χ2n) is 9.58. The van der Waals surface area contributed by atoms with Crippen LogP contribution in [0.1, 0.15) is 5.56 Å². The van der Waals surface area contributed by atoms with Gasteiger partial charge in [0.15, 0.2) is 0 Å². The van der Waals surface area contributed by atoms with E-state index in [4.69, 9.17) is 5.73 Å². The van der Waals surface area contributed by atoms with Gasteiger partial charge in [0.05, 0.1) is 5.52 Å². The molecule has 2 nitrogen and oxygen atoms in total. The molecule has 2 N–H and O–H groups in total. The van der Waals surface area contributed by atoms with Crippen molar-refractivity contribution in [3.8, 4) is 11.1 Å². The maximum absolute atomic E-state index is 6.46. The van der Waals surface area contributed by atoms with E-state index >= 15 is 0 Å². The minimum atomic E-state index is 0.711. The number of rotatable bonds is 3. The molecule has 7 aromatic rings. The van der Waals surface area contributed by atoms with Crippen LogP contribution >= 0.6 is 0 Å². The maximum Gasteiger partial charge on any atom is 0.0774 e. The summed E-state index contributed by atoms with van der Waals surface area (Å²) in [5, 5.41) is 10.8. The third-order valence-corrected chi connectivity index (χ3v) is 7.37. The predicted octanol–water partition coefficient (Wildman–Crippen LogP) is 6.99. The molecule has 0 aliphatic rings. The first-order valence-corrected chi connectivity index (χ1v) is 12.4. The Morgan fingerprint density at radius 1 is 0.649 bits per heavy atom. The summed E-state index contributed by atoms with van der Waals surface area (Å²) in [6.07, 6.45) is 5.76. The van der Waals surface area contributed by atoms with Crippen LogP contribution in [0.15, 0.2) is 115 Å². The molecule has 7 rings (SSSR count). The Labute approximate surface area is 214 Å². The van der Waals surface area contributed by atoms with E-state index in [9.17, 15) is 0 Å². The second kappa shape index (κ2) is 8.32. The lowest BCUT2D eigenvalue weighted by molar-refractivity contribution is 1.38. The number of hydrogen-bond donors (Lipinski definition) is 1. The summed E-state index contributed by atoms with van der Waals surface area (Å²) >= 11 is 0. The number of allylic oxidation sites excluding steroid dienone is 1. The zero-order chi connectivity index (χ0) is 24.9. The molecule has 1 aromatic heterocycles. The molecule has 0 atom stereocenters. The van der Waals surface area contributed by atoms with Crippen molar-refractivity contribution in [3.63, 3.8) is 0 Å². The van der Waals surface area contributed by atoms with Crippen LogP contribution in [0.2, 0.25) is 0 Å². The van der Waals surface area contributed by atoms with Crippen molar-refractivity contribution in [2.75, 3.05) is 0 Å². The Morgan fingerprint density at radius 3 is 2.00 bits per heavy atom. The van der Waals surface area contributed by atoms with E-state index < -0.39 is 0 Å². The van der Waals surface area contributed by atoms with Gasteiger partial charge in [-0.25, -0.2) is 0 Å². The normalized spacial score (nSPS) is 12.9. The van der Waals surface area contributed by atoms with Crippen LogP contribution in [0.4, 0.5) is 0 Å². The molecular formula is C35H24N2. The highest BCUT2D eigenvalue weighted by Gasteiger charge is 2.10. The summed E-state index contributed by atoms with van der Waals surface area (Å²) in [5.41, 5.74) is 11.5. The van der Waals surface area contributed by atoms with Gasteiger partial charge in [-0.1, -0.05) is 97.6 Å². The van der Waals surface area contributed by atoms with E-state index in [0.29, 0.717) is 5.70 Å². The Morgan fingerprint density at radius 2 is 1.27 bits per heavy atom. The number of nitrogens with two attached hydrogens (primary N) is 1. The van der Waals surface area contributed by atoms with Crippen LogP contribution in [-0.4, -0.2) is 4.98 Å². The van der Waals surface area contributed by atoms with Crippen molar-refractivity contribution < 1.29 is 0 Å². The molecule has 174 valence electrons.